The average Bonchev–Trinajstić information content (AvgIpc) is 2.96. The second kappa shape index (κ2) is 6.87. The van der Waals surface area contributed by atoms with E-state index >= 15 is 0 Å². The minimum Gasteiger partial charge on any atom is -0.439 e. The van der Waals surface area contributed by atoms with Gasteiger partial charge in [-0.15, -0.1) is 0 Å². The molecule has 2 aliphatic heterocycles. The topological polar surface area (TPSA) is 76.2 Å². The Bertz CT molecular complexity index is 497. The zero-order valence-corrected chi connectivity index (χ0v) is 13.3. The maximum atomic E-state index is 12.3. The van der Waals surface area contributed by atoms with E-state index in [1.54, 1.807) is 0 Å². The number of cyclic esters (lactones) is 1. The number of carbonyl (C=O) groups excluding carboxylic acids is 3. The summed E-state index contributed by atoms with van der Waals surface area (Å²) in [5, 5.41) is 2.34. The van der Waals surface area contributed by atoms with E-state index in [-0.39, 0.29) is 29.4 Å². The van der Waals surface area contributed by atoms with Gasteiger partial charge in [-0.2, -0.15) is 5.06 Å². The van der Waals surface area contributed by atoms with Gasteiger partial charge < -0.3 is 4.74 Å². The molecular formula is C11H12Cl2N2O5S. The molecule has 2 saturated heterocycles. The molecule has 0 aromatic carbocycles. The van der Waals surface area contributed by atoms with Crippen molar-refractivity contribution in [1.82, 2.24) is 9.37 Å². The van der Waals surface area contributed by atoms with Crippen LogP contribution in [0.5, 0.6) is 0 Å². The van der Waals surface area contributed by atoms with E-state index in [9.17, 15) is 14.4 Å². The van der Waals surface area contributed by atoms with E-state index in [4.69, 9.17) is 32.8 Å². The van der Waals surface area contributed by atoms with Crippen molar-refractivity contribution in [1.29, 1.82) is 0 Å². The summed E-state index contributed by atoms with van der Waals surface area (Å²) in [6.07, 6.45) is -0.128. The van der Waals surface area contributed by atoms with Crippen molar-refractivity contribution >= 4 is 52.9 Å². The van der Waals surface area contributed by atoms with Crippen LogP contribution in [0, 0.1) is 0 Å². The monoisotopic (exact) mass is 354 g/mol. The van der Waals surface area contributed by atoms with Gasteiger partial charge in [-0.05, 0) is 11.9 Å². The molecule has 21 heavy (non-hydrogen) atoms. The molecule has 2 fully saturated rings. The van der Waals surface area contributed by atoms with Crippen LogP contribution < -0.4 is 0 Å². The number of carbonyl (C=O) groups is 3. The lowest BCUT2D eigenvalue weighted by Gasteiger charge is -2.23. The van der Waals surface area contributed by atoms with Gasteiger partial charge in [-0.25, -0.2) is 0 Å². The average molecular weight is 355 g/mol. The maximum absolute atomic E-state index is 12.3. The summed E-state index contributed by atoms with van der Waals surface area (Å²) in [6, 6.07) is -0.823. The molecule has 0 saturated carbocycles. The van der Waals surface area contributed by atoms with Crippen LogP contribution in [0.2, 0.25) is 0 Å². The number of nitrogens with zero attached hydrogens (tertiary/aromatic N) is 2. The Hall–Kier alpha value is -0.960. The number of rotatable bonds is 4. The van der Waals surface area contributed by atoms with Crippen molar-refractivity contribution in [2.45, 2.75) is 32.0 Å². The third kappa shape index (κ3) is 3.82. The highest BCUT2D eigenvalue weighted by atomic mass is 35.5. The molecule has 0 N–H and O–H groups in total. The molecule has 7 nitrogen and oxygen atoms in total. The van der Waals surface area contributed by atoms with E-state index in [0.29, 0.717) is 6.42 Å². The van der Waals surface area contributed by atoms with Crippen LogP contribution in [-0.2, 0) is 24.0 Å². The maximum Gasteiger partial charge on any atom is 0.308 e. The summed E-state index contributed by atoms with van der Waals surface area (Å²) >= 11 is 11.9. The molecule has 0 aromatic rings. The van der Waals surface area contributed by atoms with Gasteiger partial charge in [0.25, 0.3) is 5.91 Å². The predicted molar refractivity (Wildman–Crippen MR) is 75.6 cm³/mol. The molecule has 0 aromatic heterocycles. The van der Waals surface area contributed by atoms with Crippen molar-refractivity contribution < 1.29 is 24.0 Å². The van der Waals surface area contributed by atoms with E-state index in [1.807, 2.05) is 0 Å². The van der Waals surface area contributed by atoms with Crippen molar-refractivity contribution in [2.75, 3.05) is 6.61 Å². The Balaban J connectivity index is 2.06. The first-order valence-corrected chi connectivity index (χ1v) is 7.62. The Kier molecular flexibility index (Phi) is 5.37. The third-order valence-electron chi connectivity index (χ3n) is 2.85. The third-order valence-corrected chi connectivity index (χ3v) is 4.40. The fourth-order valence-corrected chi connectivity index (χ4v) is 2.84. The standard InChI is InChI=1S/C11H12Cl2N2O5S/c1-6(16)15(21-5-8(12)13)7-4-19-14(11(7)18)9-2-3-10(17)20-9/h5,7,9H,2-4H2,1H3/t7-,9?/m0/s1. The van der Waals surface area contributed by atoms with Crippen molar-refractivity contribution in [2.24, 2.45) is 0 Å². The quantitative estimate of drug-likeness (QED) is 0.563. The first kappa shape index (κ1) is 16.4. The highest BCUT2D eigenvalue weighted by Crippen LogP contribution is 2.28. The van der Waals surface area contributed by atoms with Crippen LogP contribution in [0.25, 0.3) is 0 Å². The van der Waals surface area contributed by atoms with Crippen LogP contribution in [0.1, 0.15) is 19.8 Å². The predicted octanol–water partition coefficient (Wildman–Crippen LogP) is 1.57. The number of amides is 2. The molecule has 116 valence electrons. The number of halogens is 2. The lowest BCUT2D eigenvalue weighted by molar-refractivity contribution is -0.211. The first-order valence-electron chi connectivity index (χ1n) is 6.03. The summed E-state index contributed by atoms with van der Waals surface area (Å²) in [4.78, 5) is 40.3. The number of hydrogen-bond donors (Lipinski definition) is 0. The zero-order valence-electron chi connectivity index (χ0n) is 11.0. The number of ether oxygens (including phenoxy) is 1. The lowest BCUT2D eigenvalue weighted by Crippen LogP contribution is -2.44. The van der Waals surface area contributed by atoms with E-state index in [1.165, 1.54) is 16.6 Å². The smallest absolute Gasteiger partial charge is 0.308 e. The second-order valence-electron chi connectivity index (χ2n) is 4.32. The Morgan fingerprint density at radius 1 is 1.48 bits per heavy atom. The number of esters is 1. The van der Waals surface area contributed by atoms with Crippen LogP contribution >= 0.6 is 35.1 Å². The molecule has 0 spiro atoms. The molecule has 2 amide bonds. The molecule has 2 heterocycles. The van der Waals surface area contributed by atoms with E-state index in [0.717, 1.165) is 17.0 Å². The van der Waals surface area contributed by atoms with Gasteiger partial charge in [0, 0.05) is 18.8 Å². The number of hydrogen-bond acceptors (Lipinski definition) is 6. The molecule has 0 bridgehead atoms. The minimum absolute atomic E-state index is 0.0206. The molecule has 0 radical (unpaired) electrons. The first-order chi connectivity index (χ1) is 9.90. The van der Waals surface area contributed by atoms with Crippen molar-refractivity contribution in [3.63, 3.8) is 0 Å². The van der Waals surface area contributed by atoms with Crippen LogP contribution in [0.3, 0.4) is 0 Å². The summed E-state index contributed by atoms with van der Waals surface area (Å²) < 4.78 is 6.16. The number of hydroxylamine groups is 2. The Morgan fingerprint density at radius 2 is 2.19 bits per heavy atom. The van der Waals surface area contributed by atoms with Crippen molar-refractivity contribution in [3.8, 4) is 0 Å². The normalized spacial score (nSPS) is 25.0. The fourth-order valence-electron chi connectivity index (χ4n) is 1.97. The largest absolute Gasteiger partial charge is 0.439 e. The van der Waals surface area contributed by atoms with E-state index in [2.05, 4.69) is 0 Å². The molecular weight excluding hydrogens is 343 g/mol. The van der Waals surface area contributed by atoms with Gasteiger partial charge in [-0.3, -0.25) is 23.5 Å². The van der Waals surface area contributed by atoms with Crippen LogP contribution in [-0.4, -0.2) is 46.0 Å². The van der Waals surface area contributed by atoms with Crippen LogP contribution in [0.4, 0.5) is 0 Å². The lowest BCUT2D eigenvalue weighted by atomic mass is 10.3. The summed E-state index contributed by atoms with van der Waals surface area (Å²) in [6.45, 7) is 1.29. The zero-order chi connectivity index (χ0) is 15.6. The Labute approximate surface area is 135 Å². The highest BCUT2D eigenvalue weighted by Gasteiger charge is 2.45. The van der Waals surface area contributed by atoms with Crippen molar-refractivity contribution in [3.05, 3.63) is 9.90 Å². The minimum atomic E-state index is -0.823. The SMILES string of the molecule is CC(=O)N(SC=C(Cl)Cl)[C@H]1CON(C2CCC(=O)O2)C1=O. The van der Waals surface area contributed by atoms with Gasteiger partial charge in [0.2, 0.25) is 12.1 Å². The Morgan fingerprint density at radius 3 is 2.71 bits per heavy atom. The molecule has 2 atom stereocenters. The van der Waals surface area contributed by atoms with Gasteiger partial charge in [0.05, 0.1) is 6.42 Å². The highest BCUT2D eigenvalue weighted by molar-refractivity contribution is 8.00. The molecule has 1 unspecified atom stereocenters. The van der Waals surface area contributed by atoms with Gasteiger partial charge in [-0.1, -0.05) is 23.2 Å². The van der Waals surface area contributed by atoms with E-state index < -0.39 is 18.2 Å². The van der Waals surface area contributed by atoms with Gasteiger partial charge in [0.15, 0.2) is 6.04 Å². The summed E-state index contributed by atoms with van der Waals surface area (Å²) in [5.74, 6) is -1.18. The second-order valence-corrected chi connectivity index (χ2v) is 6.16. The van der Waals surface area contributed by atoms with Crippen LogP contribution in [0.15, 0.2) is 9.90 Å². The molecule has 2 rings (SSSR count). The summed E-state index contributed by atoms with van der Waals surface area (Å²) in [7, 11) is 0. The van der Waals surface area contributed by atoms with Gasteiger partial charge >= 0.3 is 5.97 Å². The summed E-state index contributed by atoms with van der Waals surface area (Å²) in [5.41, 5.74) is 0. The molecule has 2 aliphatic rings. The molecule has 10 heteroatoms. The molecule has 0 aliphatic carbocycles. The van der Waals surface area contributed by atoms with Gasteiger partial charge in [0.1, 0.15) is 11.1 Å². The fraction of sp³-hybridized carbons (Fsp3) is 0.545.